The van der Waals surface area contributed by atoms with Crippen molar-refractivity contribution in [2.24, 2.45) is 5.73 Å². The quantitative estimate of drug-likeness (QED) is 0.529. The van der Waals surface area contributed by atoms with Crippen LogP contribution in [-0.2, 0) is 10.2 Å². The van der Waals surface area contributed by atoms with Gasteiger partial charge in [0.15, 0.2) is 0 Å². The molecule has 0 bridgehead atoms. The van der Waals surface area contributed by atoms with Gasteiger partial charge in [-0.2, -0.15) is 0 Å². The Hall–Kier alpha value is -2.13. The molecule has 0 saturated carbocycles. The van der Waals surface area contributed by atoms with Crippen LogP contribution in [0, 0.1) is 0 Å². The lowest BCUT2D eigenvalue weighted by molar-refractivity contribution is -0.123. The average molecular weight is 338 g/mol. The predicted molar refractivity (Wildman–Crippen MR) is 107 cm³/mol. The van der Waals surface area contributed by atoms with Gasteiger partial charge in [-0.1, -0.05) is 61.0 Å². The summed E-state index contributed by atoms with van der Waals surface area (Å²) in [5.41, 5.74) is 7.54. The highest BCUT2D eigenvalue weighted by atomic mass is 16.1. The molecule has 0 aliphatic heterocycles. The van der Waals surface area contributed by atoms with Gasteiger partial charge >= 0.3 is 0 Å². The van der Waals surface area contributed by atoms with Crippen LogP contribution in [0.2, 0.25) is 0 Å². The highest BCUT2D eigenvalue weighted by Crippen LogP contribution is 2.37. The second kappa shape index (κ2) is 8.82. The van der Waals surface area contributed by atoms with Crippen molar-refractivity contribution in [2.75, 3.05) is 13.1 Å². The summed E-state index contributed by atoms with van der Waals surface area (Å²) in [6.07, 6.45) is 4.53. The maximum Gasteiger partial charge on any atom is 0.228 e. The second-order valence-corrected chi connectivity index (χ2v) is 6.96. The average Bonchev–Trinajstić information content (AvgIpc) is 2.60. The van der Waals surface area contributed by atoms with Gasteiger partial charge in [-0.15, -0.1) is 0 Å². The number of allylic oxidation sites excluding steroid dienone is 2. The Labute approximate surface area is 151 Å². The van der Waals surface area contributed by atoms with Gasteiger partial charge in [-0.3, -0.25) is 4.79 Å². The molecular weight excluding hydrogens is 308 g/mol. The number of carbonyl (C=O) groups is 1. The van der Waals surface area contributed by atoms with Crippen molar-refractivity contribution in [3.8, 4) is 0 Å². The van der Waals surface area contributed by atoms with Crippen LogP contribution in [-0.4, -0.2) is 19.0 Å². The molecule has 25 heavy (non-hydrogen) atoms. The molecule has 0 fully saturated rings. The van der Waals surface area contributed by atoms with E-state index in [4.69, 9.17) is 5.73 Å². The summed E-state index contributed by atoms with van der Waals surface area (Å²) >= 11 is 0. The first-order chi connectivity index (χ1) is 12.0. The molecule has 0 heterocycles. The summed E-state index contributed by atoms with van der Waals surface area (Å²) in [6.45, 7) is 7.99. The molecule has 3 N–H and O–H groups in total. The normalized spacial score (nSPS) is 13.4. The number of benzene rings is 2. The Morgan fingerprint density at radius 1 is 1.12 bits per heavy atom. The fraction of sp³-hybridized carbons (Fsp3) is 0.409. The molecule has 0 spiro atoms. The molecule has 2 rings (SSSR count). The van der Waals surface area contributed by atoms with E-state index in [1.165, 1.54) is 5.57 Å². The molecule has 0 aromatic heterocycles. The van der Waals surface area contributed by atoms with E-state index >= 15 is 0 Å². The highest BCUT2D eigenvalue weighted by Gasteiger charge is 2.38. The van der Waals surface area contributed by atoms with Crippen LogP contribution in [0.4, 0.5) is 0 Å². The van der Waals surface area contributed by atoms with Crippen LogP contribution < -0.4 is 11.1 Å². The van der Waals surface area contributed by atoms with Gasteiger partial charge in [0.05, 0.1) is 5.41 Å². The minimum atomic E-state index is -0.696. The lowest BCUT2D eigenvalue weighted by Gasteiger charge is -2.32. The van der Waals surface area contributed by atoms with Gasteiger partial charge < -0.3 is 11.1 Å². The number of nitrogens with two attached hydrogens (primary N) is 1. The molecule has 0 saturated heterocycles. The van der Waals surface area contributed by atoms with Crippen molar-refractivity contribution in [3.05, 3.63) is 59.7 Å². The number of nitrogens with one attached hydrogen (secondary N) is 1. The molecule has 0 radical (unpaired) electrons. The monoisotopic (exact) mass is 338 g/mol. The first-order valence-electron chi connectivity index (χ1n) is 9.13. The third-order valence-electron chi connectivity index (χ3n) is 4.79. The van der Waals surface area contributed by atoms with Crippen molar-refractivity contribution in [1.82, 2.24) is 5.32 Å². The van der Waals surface area contributed by atoms with Gasteiger partial charge in [-0.25, -0.2) is 0 Å². The number of hydrogen-bond donors (Lipinski definition) is 2. The minimum absolute atomic E-state index is 0.250. The summed E-state index contributed by atoms with van der Waals surface area (Å²) in [6, 6.07) is 14.4. The van der Waals surface area contributed by atoms with Crippen molar-refractivity contribution < 1.29 is 4.79 Å². The molecule has 0 aliphatic rings. The zero-order chi connectivity index (χ0) is 18.3. The maximum atomic E-state index is 12.7. The van der Waals surface area contributed by atoms with Gasteiger partial charge in [0.2, 0.25) is 5.91 Å². The number of carbonyl (C=O) groups excluding carboxylic acids is 1. The van der Waals surface area contributed by atoms with E-state index in [0.29, 0.717) is 12.8 Å². The zero-order valence-corrected chi connectivity index (χ0v) is 15.6. The lowest BCUT2D eigenvalue weighted by atomic mass is 9.72. The Morgan fingerprint density at radius 2 is 1.84 bits per heavy atom. The number of amides is 1. The maximum absolute atomic E-state index is 12.7. The van der Waals surface area contributed by atoms with Crippen molar-refractivity contribution in [1.29, 1.82) is 0 Å². The molecule has 0 aliphatic carbocycles. The third-order valence-corrected chi connectivity index (χ3v) is 4.79. The summed E-state index contributed by atoms with van der Waals surface area (Å²) in [7, 11) is 0. The van der Waals surface area contributed by atoms with Crippen molar-refractivity contribution >= 4 is 16.7 Å². The summed E-state index contributed by atoms with van der Waals surface area (Å²) in [5.74, 6) is -0.250. The van der Waals surface area contributed by atoms with E-state index in [9.17, 15) is 4.79 Å². The minimum Gasteiger partial charge on any atom is -0.369 e. The van der Waals surface area contributed by atoms with Crippen LogP contribution in [0.3, 0.4) is 0 Å². The predicted octanol–water partition coefficient (Wildman–Crippen LogP) is 4.31. The smallest absolute Gasteiger partial charge is 0.228 e. The Bertz CT molecular complexity index is 741. The summed E-state index contributed by atoms with van der Waals surface area (Å²) < 4.78 is 0. The summed E-state index contributed by atoms with van der Waals surface area (Å²) in [5, 5.41) is 5.68. The highest BCUT2D eigenvalue weighted by molar-refractivity contribution is 5.95. The van der Waals surface area contributed by atoms with Gasteiger partial charge in [0.25, 0.3) is 0 Å². The number of hydrogen-bond acceptors (Lipinski definition) is 2. The third kappa shape index (κ3) is 4.49. The van der Waals surface area contributed by atoms with E-state index in [0.717, 1.165) is 35.8 Å². The van der Waals surface area contributed by atoms with E-state index in [1.807, 2.05) is 18.2 Å². The van der Waals surface area contributed by atoms with Crippen molar-refractivity contribution in [2.45, 2.75) is 45.4 Å². The van der Waals surface area contributed by atoms with Crippen LogP contribution in [0.25, 0.3) is 10.8 Å². The van der Waals surface area contributed by atoms with Crippen LogP contribution in [0.15, 0.2) is 54.1 Å². The Balaban J connectivity index is 2.54. The lowest BCUT2D eigenvalue weighted by Crippen LogP contribution is -2.43. The topological polar surface area (TPSA) is 55.1 Å². The molecule has 2 aromatic rings. The Kier molecular flexibility index (Phi) is 6.77. The van der Waals surface area contributed by atoms with E-state index < -0.39 is 5.41 Å². The van der Waals surface area contributed by atoms with E-state index in [-0.39, 0.29) is 5.91 Å². The van der Waals surface area contributed by atoms with Gasteiger partial charge in [-0.05, 0) is 62.5 Å². The molecule has 1 unspecified atom stereocenters. The largest absolute Gasteiger partial charge is 0.369 e. The Morgan fingerprint density at radius 3 is 2.52 bits per heavy atom. The standard InChI is InChI=1S/C22H30N2O/c1-4-15-24-16-14-22(21(23)25,13-12-17(2)3)20-11-7-9-18-8-5-6-10-19(18)20/h5-12,24H,4,13-16H2,1-3H3,(H2,23,25). The van der Waals surface area contributed by atoms with Gasteiger partial charge in [0, 0.05) is 0 Å². The zero-order valence-electron chi connectivity index (χ0n) is 15.6. The SMILES string of the molecule is CCCNCCC(CC=C(C)C)(C(N)=O)c1cccc2ccccc12. The number of primary amides is 1. The van der Waals surface area contributed by atoms with E-state index in [1.54, 1.807) is 0 Å². The molecule has 3 nitrogen and oxygen atoms in total. The number of fused-ring (bicyclic) bond motifs is 1. The first-order valence-corrected chi connectivity index (χ1v) is 9.13. The van der Waals surface area contributed by atoms with Crippen LogP contribution in [0.5, 0.6) is 0 Å². The second-order valence-electron chi connectivity index (χ2n) is 6.96. The van der Waals surface area contributed by atoms with Crippen LogP contribution >= 0.6 is 0 Å². The number of rotatable bonds is 9. The molecule has 1 atom stereocenters. The van der Waals surface area contributed by atoms with Crippen molar-refractivity contribution in [3.63, 3.8) is 0 Å². The molecule has 2 aromatic carbocycles. The molecule has 1 amide bonds. The molecule has 134 valence electrons. The first kappa shape index (κ1) is 19.2. The summed E-state index contributed by atoms with van der Waals surface area (Å²) in [4.78, 5) is 12.7. The van der Waals surface area contributed by atoms with E-state index in [2.05, 4.69) is 56.4 Å². The van der Waals surface area contributed by atoms with Crippen LogP contribution in [0.1, 0.15) is 45.6 Å². The molecule has 3 heteroatoms. The fourth-order valence-electron chi connectivity index (χ4n) is 3.33. The molecular formula is C22H30N2O. The van der Waals surface area contributed by atoms with Gasteiger partial charge in [0.1, 0.15) is 0 Å². The fourth-order valence-corrected chi connectivity index (χ4v) is 3.33.